The number of hydrogen-bond donors (Lipinski definition) is 1. The van der Waals surface area contributed by atoms with E-state index in [0.29, 0.717) is 35.1 Å². The lowest BCUT2D eigenvalue weighted by molar-refractivity contribution is -0.120. The number of thioether (sulfide) groups is 1. The van der Waals surface area contributed by atoms with Crippen molar-refractivity contribution in [2.75, 3.05) is 0 Å². The predicted molar refractivity (Wildman–Crippen MR) is 124 cm³/mol. The summed E-state index contributed by atoms with van der Waals surface area (Å²) in [6, 6.07) is 15.5. The quantitative estimate of drug-likeness (QED) is 0.426. The Morgan fingerprint density at radius 1 is 1.10 bits per heavy atom. The highest BCUT2D eigenvalue weighted by Gasteiger charge is 2.19. The first-order valence-electron chi connectivity index (χ1n) is 10.3. The molecule has 0 bridgehead atoms. The summed E-state index contributed by atoms with van der Waals surface area (Å²) in [5.41, 5.74) is 2.87. The van der Waals surface area contributed by atoms with Crippen molar-refractivity contribution < 1.29 is 4.79 Å². The summed E-state index contributed by atoms with van der Waals surface area (Å²) in [5, 5.41) is 3.83. The lowest BCUT2D eigenvalue weighted by Crippen LogP contribution is -2.31. The zero-order valence-corrected chi connectivity index (χ0v) is 18.8. The van der Waals surface area contributed by atoms with Crippen molar-refractivity contribution in [1.29, 1.82) is 0 Å². The molecule has 1 N–H and O–H groups in total. The number of rotatable bonds is 8. The first kappa shape index (κ1) is 22.1. The van der Waals surface area contributed by atoms with Gasteiger partial charge in [0.15, 0.2) is 5.16 Å². The van der Waals surface area contributed by atoms with Gasteiger partial charge in [-0.3, -0.25) is 14.2 Å². The highest BCUT2D eigenvalue weighted by atomic mass is 32.2. The average molecular weight is 424 g/mol. The molecule has 0 spiro atoms. The largest absolute Gasteiger partial charge is 0.351 e. The minimum Gasteiger partial charge on any atom is -0.351 e. The Labute approximate surface area is 181 Å². The van der Waals surface area contributed by atoms with E-state index in [1.165, 1.54) is 17.3 Å². The van der Waals surface area contributed by atoms with Crippen LogP contribution in [0.15, 0.2) is 58.5 Å². The first-order valence-corrected chi connectivity index (χ1v) is 11.2. The van der Waals surface area contributed by atoms with E-state index < -0.39 is 0 Å². The molecule has 5 nitrogen and oxygen atoms in total. The first-order chi connectivity index (χ1) is 14.3. The molecule has 1 heterocycles. The van der Waals surface area contributed by atoms with Crippen LogP contribution >= 0.6 is 11.8 Å². The third-order valence-corrected chi connectivity index (χ3v) is 6.09. The summed E-state index contributed by atoms with van der Waals surface area (Å²) in [6.45, 7) is 9.23. The van der Waals surface area contributed by atoms with Gasteiger partial charge in [-0.25, -0.2) is 4.98 Å². The van der Waals surface area contributed by atoms with E-state index in [4.69, 9.17) is 4.98 Å². The van der Waals surface area contributed by atoms with Gasteiger partial charge in [0.1, 0.15) is 0 Å². The van der Waals surface area contributed by atoms with Crippen molar-refractivity contribution in [3.05, 3.63) is 70.0 Å². The lowest BCUT2D eigenvalue weighted by Gasteiger charge is -2.17. The van der Waals surface area contributed by atoms with Crippen molar-refractivity contribution in [2.45, 2.75) is 57.6 Å². The van der Waals surface area contributed by atoms with Crippen LogP contribution in [-0.2, 0) is 17.9 Å². The van der Waals surface area contributed by atoms with E-state index >= 15 is 0 Å². The Hall–Kier alpha value is -2.60. The summed E-state index contributed by atoms with van der Waals surface area (Å²) in [5.74, 6) is 0.398. The fraction of sp³-hybridized carbons (Fsp3) is 0.375. The molecule has 0 aliphatic heterocycles. The number of aromatic nitrogens is 2. The molecule has 0 saturated heterocycles. The molecule has 1 amide bonds. The second kappa shape index (κ2) is 9.94. The van der Waals surface area contributed by atoms with Crippen LogP contribution in [0.2, 0.25) is 0 Å². The Kier molecular flexibility index (Phi) is 7.32. The zero-order chi connectivity index (χ0) is 21.7. The summed E-state index contributed by atoms with van der Waals surface area (Å²) < 4.78 is 1.72. The van der Waals surface area contributed by atoms with Crippen molar-refractivity contribution >= 4 is 28.6 Å². The maximum absolute atomic E-state index is 13.1. The molecule has 0 fully saturated rings. The van der Waals surface area contributed by atoms with Gasteiger partial charge in [0.25, 0.3) is 5.56 Å². The SMILES string of the molecule is Cc1ccc(CNC(=O)[C@H](C)Sc2nc3ccccc3c(=O)n2CCC(C)C)cc1. The smallest absolute Gasteiger partial charge is 0.262 e. The van der Waals surface area contributed by atoms with Crippen LogP contribution in [0.3, 0.4) is 0 Å². The molecule has 3 rings (SSSR count). The number of carbonyl (C=O) groups is 1. The predicted octanol–water partition coefficient (Wildman–Crippen LogP) is 4.55. The number of nitrogens with zero attached hydrogens (tertiary/aromatic N) is 2. The molecule has 0 aliphatic rings. The van der Waals surface area contributed by atoms with Gasteiger partial charge in [0.05, 0.1) is 16.2 Å². The summed E-state index contributed by atoms with van der Waals surface area (Å²) in [6.07, 6.45) is 0.876. The standard InChI is InChI=1S/C24H29N3O2S/c1-16(2)13-14-27-23(29)20-7-5-6-8-21(20)26-24(27)30-18(4)22(28)25-15-19-11-9-17(3)10-12-19/h5-12,16,18H,13-15H2,1-4H3,(H,25,28)/t18-/m0/s1. The topological polar surface area (TPSA) is 64.0 Å². The second-order valence-electron chi connectivity index (χ2n) is 8.01. The third-order valence-electron chi connectivity index (χ3n) is 5.00. The van der Waals surface area contributed by atoms with Crippen LogP contribution in [0.1, 0.15) is 38.3 Å². The van der Waals surface area contributed by atoms with Gasteiger partial charge in [0.2, 0.25) is 5.91 Å². The third kappa shape index (κ3) is 5.51. The van der Waals surface area contributed by atoms with E-state index in [0.717, 1.165) is 12.0 Å². The maximum atomic E-state index is 13.1. The van der Waals surface area contributed by atoms with E-state index in [-0.39, 0.29) is 16.7 Å². The molecule has 0 aliphatic carbocycles. The minimum absolute atomic E-state index is 0.0454. The number of benzene rings is 2. The van der Waals surface area contributed by atoms with Crippen LogP contribution in [0.4, 0.5) is 0 Å². The van der Waals surface area contributed by atoms with Crippen LogP contribution in [0.25, 0.3) is 10.9 Å². The normalized spacial score (nSPS) is 12.3. The molecule has 6 heteroatoms. The molecule has 1 atom stereocenters. The Balaban J connectivity index is 1.78. The van der Waals surface area contributed by atoms with Gasteiger partial charge in [-0.05, 0) is 43.9 Å². The molecule has 30 heavy (non-hydrogen) atoms. The van der Waals surface area contributed by atoms with Gasteiger partial charge in [-0.15, -0.1) is 0 Å². The summed E-state index contributed by atoms with van der Waals surface area (Å²) >= 11 is 1.34. The van der Waals surface area contributed by atoms with Gasteiger partial charge in [-0.1, -0.05) is 67.6 Å². The van der Waals surface area contributed by atoms with E-state index in [1.807, 2.05) is 62.4 Å². The number of aryl methyl sites for hydroxylation is 1. The monoisotopic (exact) mass is 423 g/mol. The number of nitrogens with one attached hydrogen (secondary N) is 1. The van der Waals surface area contributed by atoms with Crippen LogP contribution in [0.5, 0.6) is 0 Å². The van der Waals surface area contributed by atoms with Gasteiger partial charge in [-0.2, -0.15) is 0 Å². The Bertz CT molecular complexity index is 1070. The maximum Gasteiger partial charge on any atom is 0.262 e. The minimum atomic E-state index is -0.367. The fourth-order valence-electron chi connectivity index (χ4n) is 3.07. The van der Waals surface area contributed by atoms with Gasteiger partial charge >= 0.3 is 0 Å². The molecule has 0 radical (unpaired) electrons. The number of fused-ring (bicyclic) bond motifs is 1. The molecule has 0 saturated carbocycles. The Morgan fingerprint density at radius 3 is 2.50 bits per heavy atom. The van der Waals surface area contributed by atoms with E-state index in [9.17, 15) is 9.59 Å². The van der Waals surface area contributed by atoms with E-state index in [2.05, 4.69) is 19.2 Å². The molecular formula is C24H29N3O2S. The number of hydrogen-bond acceptors (Lipinski definition) is 4. The second-order valence-corrected chi connectivity index (χ2v) is 9.32. The number of amides is 1. The number of para-hydroxylation sites is 1. The molecule has 3 aromatic rings. The van der Waals surface area contributed by atoms with Gasteiger partial charge < -0.3 is 5.32 Å². The van der Waals surface area contributed by atoms with Crippen molar-refractivity contribution in [3.63, 3.8) is 0 Å². The molecule has 1 aromatic heterocycles. The summed E-state index contributed by atoms with van der Waals surface area (Å²) in [4.78, 5) is 30.4. The Morgan fingerprint density at radius 2 is 1.80 bits per heavy atom. The van der Waals surface area contributed by atoms with Crippen LogP contribution < -0.4 is 10.9 Å². The molecule has 0 unspecified atom stereocenters. The molecule has 158 valence electrons. The lowest BCUT2D eigenvalue weighted by atomic mass is 10.1. The van der Waals surface area contributed by atoms with Gasteiger partial charge in [0, 0.05) is 13.1 Å². The average Bonchev–Trinajstić information content (AvgIpc) is 2.72. The molecular weight excluding hydrogens is 394 g/mol. The summed E-state index contributed by atoms with van der Waals surface area (Å²) in [7, 11) is 0. The zero-order valence-electron chi connectivity index (χ0n) is 18.0. The highest BCUT2D eigenvalue weighted by molar-refractivity contribution is 8.00. The fourth-order valence-corrected chi connectivity index (χ4v) is 4.03. The van der Waals surface area contributed by atoms with Crippen LogP contribution in [0, 0.1) is 12.8 Å². The van der Waals surface area contributed by atoms with Crippen molar-refractivity contribution in [2.24, 2.45) is 5.92 Å². The van der Waals surface area contributed by atoms with E-state index in [1.54, 1.807) is 4.57 Å². The number of carbonyl (C=O) groups excluding carboxylic acids is 1. The van der Waals surface area contributed by atoms with Crippen molar-refractivity contribution in [3.8, 4) is 0 Å². The van der Waals surface area contributed by atoms with Crippen molar-refractivity contribution in [1.82, 2.24) is 14.9 Å². The van der Waals surface area contributed by atoms with Crippen LogP contribution in [-0.4, -0.2) is 20.7 Å². The highest BCUT2D eigenvalue weighted by Crippen LogP contribution is 2.23. The molecule has 2 aromatic carbocycles.